The summed E-state index contributed by atoms with van der Waals surface area (Å²) in [4.78, 5) is 24.8. The molecule has 0 bridgehead atoms. The van der Waals surface area contributed by atoms with Crippen molar-refractivity contribution in [3.63, 3.8) is 0 Å². The number of fused-ring (bicyclic) bond motifs is 1. The molecule has 8 N–H and O–H groups in total. The quantitative estimate of drug-likeness (QED) is 0.127. The Hall–Kier alpha value is -4.40. The van der Waals surface area contributed by atoms with E-state index in [1.54, 1.807) is 0 Å². The fourth-order valence-corrected chi connectivity index (χ4v) is 5.48. The second-order valence-electron chi connectivity index (χ2n) is 11.4. The molecule has 18 nitrogen and oxygen atoms in total. The van der Waals surface area contributed by atoms with E-state index in [4.69, 9.17) is 37.6 Å². The van der Waals surface area contributed by atoms with E-state index < -0.39 is 113 Å². The number of aromatic hydroxyl groups is 3. The first kappa shape index (κ1) is 35.9. The number of methoxy groups -OCH3 is 2. The van der Waals surface area contributed by atoms with Gasteiger partial charge in [-0.25, -0.2) is 0 Å². The molecule has 0 amide bonds. The average molecular weight is 697 g/mol. The van der Waals surface area contributed by atoms with Gasteiger partial charge in [0, 0.05) is 18.6 Å². The van der Waals surface area contributed by atoms with Crippen molar-refractivity contribution in [2.45, 2.75) is 75.3 Å². The minimum absolute atomic E-state index is 0.0143. The topological polar surface area (TPSA) is 274 Å². The number of aliphatic hydroxyl groups is 5. The number of phenols is 2. The molecule has 0 aliphatic carbocycles. The molecule has 18 heteroatoms. The van der Waals surface area contributed by atoms with Crippen LogP contribution >= 0.6 is 0 Å². The lowest BCUT2D eigenvalue weighted by Gasteiger charge is -2.45. The molecule has 2 saturated heterocycles. The van der Waals surface area contributed by atoms with E-state index in [0.29, 0.717) is 0 Å². The van der Waals surface area contributed by atoms with Crippen LogP contribution < -0.4 is 19.6 Å². The average Bonchev–Trinajstić information content (AvgIpc) is 3.06. The number of hydrogen-bond acceptors (Lipinski definition) is 18. The third-order valence-corrected chi connectivity index (χ3v) is 8.13. The zero-order valence-corrected chi connectivity index (χ0v) is 26.5. The molecule has 10 atom stereocenters. The van der Waals surface area contributed by atoms with Crippen LogP contribution in [-0.4, -0.2) is 129 Å². The number of rotatable bonds is 9. The van der Waals surface area contributed by atoms with Crippen LogP contribution in [0.1, 0.15) is 13.8 Å². The van der Waals surface area contributed by atoms with Gasteiger partial charge in [-0.15, -0.1) is 0 Å². The van der Waals surface area contributed by atoms with Gasteiger partial charge in [0.05, 0.1) is 20.3 Å². The number of hydrogen-bond donors (Lipinski definition) is 8. The number of carbonyl (C=O) groups excluding carboxylic acids is 1. The maximum atomic E-state index is 13.3. The van der Waals surface area contributed by atoms with Gasteiger partial charge >= 0.3 is 5.97 Å². The highest BCUT2D eigenvalue weighted by Gasteiger charge is 2.51. The van der Waals surface area contributed by atoms with Gasteiger partial charge in [0.2, 0.25) is 23.2 Å². The summed E-state index contributed by atoms with van der Waals surface area (Å²) in [6.45, 7) is 1.93. The Balaban J connectivity index is 1.59. The Morgan fingerprint density at radius 2 is 1.55 bits per heavy atom. The molecular weight excluding hydrogens is 660 g/mol. The summed E-state index contributed by atoms with van der Waals surface area (Å²) in [5.74, 6) is -3.77. The van der Waals surface area contributed by atoms with E-state index in [1.165, 1.54) is 32.2 Å². The summed E-state index contributed by atoms with van der Waals surface area (Å²) in [6.07, 6.45) is -16.4. The van der Waals surface area contributed by atoms with Gasteiger partial charge in [0.25, 0.3) is 0 Å². The van der Waals surface area contributed by atoms with Crippen molar-refractivity contribution in [2.24, 2.45) is 0 Å². The second-order valence-corrected chi connectivity index (χ2v) is 11.4. The predicted octanol–water partition coefficient (Wildman–Crippen LogP) is -0.805. The molecule has 0 saturated carbocycles. The van der Waals surface area contributed by atoms with Crippen molar-refractivity contribution in [1.29, 1.82) is 0 Å². The van der Waals surface area contributed by atoms with Gasteiger partial charge in [-0.1, -0.05) is 0 Å². The molecule has 0 unspecified atom stereocenters. The lowest BCUT2D eigenvalue weighted by molar-refractivity contribution is -0.354. The van der Waals surface area contributed by atoms with Gasteiger partial charge in [-0.3, -0.25) is 9.59 Å². The zero-order chi connectivity index (χ0) is 35.9. The molecule has 2 aliphatic rings. The highest BCUT2D eigenvalue weighted by atomic mass is 16.8. The third kappa shape index (κ3) is 6.77. The highest BCUT2D eigenvalue weighted by molar-refractivity contribution is 5.93. The second kappa shape index (κ2) is 14.2. The minimum Gasteiger partial charge on any atom is -0.507 e. The van der Waals surface area contributed by atoms with E-state index in [9.17, 15) is 50.4 Å². The van der Waals surface area contributed by atoms with E-state index in [0.717, 1.165) is 20.1 Å². The van der Waals surface area contributed by atoms with Crippen molar-refractivity contribution in [1.82, 2.24) is 0 Å². The molecule has 2 aromatic carbocycles. The third-order valence-electron chi connectivity index (χ3n) is 8.13. The summed E-state index contributed by atoms with van der Waals surface area (Å²) >= 11 is 0. The molecule has 2 aliphatic heterocycles. The highest BCUT2D eigenvalue weighted by Crippen LogP contribution is 2.45. The number of aliphatic hydroxyl groups excluding tert-OH is 5. The first-order valence-corrected chi connectivity index (χ1v) is 14.8. The number of ether oxygens (including phenoxy) is 7. The van der Waals surface area contributed by atoms with Crippen LogP contribution in [0.3, 0.4) is 0 Å². The molecule has 5 rings (SSSR count). The fourth-order valence-electron chi connectivity index (χ4n) is 5.48. The van der Waals surface area contributed by atoms with Crippen molar-refractivity contribution in [3.8, 4) is 45.8 Å². The predicted molar refractivity (Wildman–Crippen MR) is 161 cm³/mol. The van der Waals surface area contributed by atoms with E-state index in [2.05, 4.69) is 0 Å². The summed E-state index contributed by atoms with van der Waals surface area (Å²) in [5.41, 5.74) is -1.41. The smallest absolute Gasteiger partial charge is 0.302 e. The monoisotopic (exact) mass is 696 g/mol. The molecule has 3 aromatic rings. The number of carbonyl (C=O) groups is 1. The van der Waals surface area contributed by atoms with Crippen LogP contribution in [0.4, 0.5) is 0 Å². The van der Waals surface area contributed by atoms with Gasteiger partial charge in [0.15, 0.2) is 41.0 Å². The Bertz CT molecular complexity index is 1740. The zero-order valence-electron chi connectivity index (χ0n) is 26.5. The van der Waals surface area contributed by atoms with Crippen LogP contribution in [0, 0.1) is 0 Å². The van der Waals surface area contributed by atoms with Gasteiger partial charge in [0.1, 0.15) is 54.4 Å². The minimum atomic E-state index is -1.89. The maximum absolute atomic E-state index is 13.3. The first-order valence-electron chi connectivity index (χ1n) is 14.8. The Kier molecular flexibility index (Phi) is 10.4. The largest absolute Gasteiger partial charge is 0.507 e. The number of phenolic OH excluding ortho intramolecular Hbond substituents is 2. The standard InChI is InChI=1S/C31H36O18/c1-10-19(35)22(38)25(41)30(45-10)49-29-23(39)20(36)17(9-44-11(2)32)47-31(29)46-16-8-14(34)18-21(37)24(40)26(48-28(18)27(16)43-4)12-5-6-13(33)15(7-12)42-3/h5-8,10,17,19-20,22-23,25,29-31,33-36,38-41H,9H2,1-4H3/t10-,17-,19-,20+,22-,23+,25-,29+,30-,31-/m0/s1. The van der Waals surface area contributed by atoms with Crippen molar-refractivity contribution >= 4 is 16.9 Å². The van der Waals surface area contributed by atoms with Crippen molar-refractivity contribution in [3.05, 3.63) is 34.5 Å². The van der Waals surface area contributed by atoms with E-state index in [-0.39, 0.29) is 22.8 Å². The summed E-state index contributed by atoms with van der Waals surface area (Å²) in [5, 5.41) is 84.1. The molecule has 0 spiro atoms. The molecular formula is C31H36O18. The Morgan fingerprint density at radius 3 is 2.20 bits per heavy atom. The van der Waals surface area contributed by atoms with E-state index >= 15 is 0 Å². The molecule has 3 heterocycles. The number of benzene rings is 2. The normalized spacial score (nSPS) is 30.1. The first-order chi connectivity index (χ1) is 23.2. The molecule has 2 fully saturated rings. The number of esters is 1. The summed E-state index contributed by atoms with van der Waals surface area (Å²) < 4.78 is 44.4. The molecule has 268 valence electrons. The molecule has 0 radical (unpaired) electrons. The van der Waals surface area contributed by atoms with Crippen molar-refractivity contribution < 1.29 is 83.2 Å². The SMILES string of the molecule is COc1cc(-c2oc3c(OC)c(O[C@H]4O[C@@H](COC(C)=O)[C@@H](O)[C@@H](O)[C@H]4O[C@@H]4O[C@@H](C)[C@H](O)[C@H](O)[C@@H]4O)cc(O)c3c(=O)c2O)ccc1O. The maximum Gasteiger partial charge on any atom is 0.302 e. The van der Waals surface area contributed by atoms with Gasteiger partial charge < -0.3 is 78.4 Å². The van der Waals surface area contributed by atoms with Crippen LogP contribution in [0.5, 0.6) is 34.5 Å². The lowest BCUT2D eigenvalue weighted by Crippen LogP contribution is -2.64. The fraction of sp³-hybridized carbons (Fsp3) is 0.484. The Morgan fingerprint density at radius 1 is 0.837 bits per heavy atom. The van der Waals surface area contributed by atoms with Crippen LogP contribution in [0.15, 0.2) is 33.5 Å². The summed E-state index contributed by atoms with van der Waals surface area (Å²) in [7, 11) is 2.44. The van der Waals surface area contributed by atoms with E-state index in [1.807, 2.05) is 0 Å². The van der Waals surface area contributed by atoms with Gasteiger partial charge in [-0.2, -0.15) is 0 Å². The lowest BCUT2D eigenvalue weighted by atomic mass is 9.97. The Labute approximate surface area is 276 Å². The van der Waals surface area contributed by atoms with Crippen LogP contribution in [0.25, 0.3) is 22.3 Å². The van der Waals surface area contributed by atoms with Crippen LogP contribution in [-0.2, 0) is 23.7 Å². The molecule has 1 aromatic heterocycles. The summed E-state index contributed by atoms with van der Waals surface area (Å²) in [6, 6.07) is 4.73. The van der Waals surface area contributed by atoms with Gasteiger partial charge in [-0.05, 0) is 25.1 Å². The van der Waals surface area contributed by atoms with Crippen LogP contribution in [0.2, 0.25) is 0 Å². The van der Waals surface area contributed by atoms with Crippen molar-refractivity contribution in [2.75, 3.05) is 20.8 Å². The molecule has 49 heavy (non-hydrogen) atoms.